The molecule has 0 aliphatic heterocycles. The van der Waals surface area contributed by atoms with Crippen molar-refractivity contribution >= 4 is 27.3 Å². The summed E-state index contributed by atoms with van der Waals surface area (Å²) in [5.74, 6) is 0. The second-order valence-electron chi connectivity index (χ2n) is 4.20. The minimum Gasteiger partial charge on any atom is -0.395 e. The number of nitrogens with two attached hydrogens (primary N) is 1. The normalized spacial score (nSPS) is 15.0. The van der Waals surface area contributed by atoms with E-state index >= 15 is 0 Å². The van der Waals surface area contributed by atoms with Gasteiger partial charge >= 0.3 is 0 Å². The highest BCUT2D eigenvalue weighted by molar-refractivity contribution is 9.11. The average Bonchev–Trinajstić information content (AvgIpc) is 2.72. The summed E-state index contributed by atoms with van der Waals surface area (Å²) in [6, 6.07) is 4.23. The summed E-state index contributed by atoms with van der Waals surface area (Å²) < 4.78 is 6.22. The SMILES string of the molecule is COCCN(CCO)C(c1ccc(Br)s1)C(C)N. The van der Waals surface area contributed by atoms with Gasteiger partial charge < -0.3 is 15.6 Å². The molecule has 104 valence electrons. The molecule has 4 nitrogen and oxygen atoms in total. The Hall–Kier alpha value is 0.0200. The summed E-state index contributed by atoms with van der Waals surface area (Å²) in [7, 11) is 1.68. The van der Waals surface area contributed by atoms with Gasteiger partial charge in [0.05, 0.1) is 23.0 Å². The van der Waals surface area contributed by atoms with Crippen molar-refractivity contribution in [1.82, 2.24) is 4.90 Å². The molecule has 0 aliphatic carbocycles. The van der Waals surface area contributed by atoms with Crippen LogP contribution >= 0.6 is 27.3 Å². The molecule has 1 rings (SSSR count). The molecule has 1 aromatic rings. The molecule has 0 bridgehead atoms. The Morgan fingerprint density at radius 3 is 2.67 bits per heavy atom. The average molecular weight is 337 g/mol. The predicted octanol–water partition coefficient (Wildman–Crippen LogP) is 1.84. The quantitative estimate of drug-likeness (QED) is 0.760. The molecule has 0 radical (unpaired) electrons. The van der Waals surface area contributed by atoms with E-state index in [1.807, 2.05) is 13.0 Å². The van der Waals surface area contributed by atoms with Crippen LogP contribution in [0.1, 0.15) is 17.8 Å². The molecule has 6 heteroatoms. The molecule has 1 aromatic heterocycles. The van der Waals surface area contributed by atoms with E-state index in [0.29, 0.717) is 13.2 Å². The Labute approximate surface area is 121 Å². The molecule has 0 spiro atoms. The van der Waals surface area contributed by atoms with Crippen LogP contribution in [0.4, 0.5) is 0 Å². The maximum absolute atomic E-state index is 9.19. The van der Waals surface area contributed by atoms with Crippen LogP contribution in [0.15, 0.2) is 15.9 Å². The second kappa shape index (κ2) is 8.24. The van der Waals surface area contributed by atoms with Gasteiger partial charge in [-0.3, -0.25) is 4.90 Å². The third-order valence-electron chi connectivity index (χ3n) is 2.75. The van der Waals surface area contributed by atoms with Crippen LogP contribution in [0.3, 0.4) is 0 Å². The van der Waals surface area contributed by atoms with Crippen molar-refractivity contribution in [2.45, 2.75) is 19.0 Å². The second-order valence-corrected chi connectivity index (χ2v) is 6.69. The standard InChI is InChI=1S/C12H21BrN2O2S/c1-9(14)12(10-3-4-11(13)18-10)15(5-7-16)6-8-17-2/h3-4,9,12,16H,5-8,14H2,1-2H3. The van der Waals surface area contributed by atoms with Crippen LogP contribution in [-0.4, -0.2) is 49.5 Å². The molecule has 0 amide bonds. The van der Waals surface area contributed by atoms with E-state index in [0.717, 1.165) is 10.3 Å². The number of nitrogens with zero attached hydrogens (tertiary/aromatic N) is 1. The maximum atomic E-state index is 9.19. The number of ether oxygens (including phenoxy) is 1. The summed E-state index contributed by atoms with van der Waals surface area (Å²) in [4.78, 5) is 3.38. The van der Waals surface area contributed by atoms with Gasteiger partial charge in [0.15, 0.2) is 0 Å². The molecule has 18 heavy (non-hydrogen) atoms. The molecule has 2 unspecified atom stereocenters. The molecule has 0 aromatic carbocycles. The van der Waals surface area contributed by atoms with Crippen LogP contribution < -0.4 is 5.73 Å². The van der Waals surface area contributed by atoms with Crippen molar-refractivity contribution in [3.63, 3.8) is 0 Å². The number of aliphatic hydroxyl groups excluding tert-OH is 1. The Morgan fingerprint density at radius 1 is 1.50 bits per heavy atom. The van der Waals surface area contributed by atoms with Gasteiger partial charge in [-0.15, -0.1) is 11.3 Å². The first kappa shape index (κ1) is 16.1. The largest absolute Gasteiger partial charge is 0.395 e. The lowest BCUT2D eigenvalue weighted by molar-refractivity contribution is 0.0941. The molecule has 0 saturated heterocycles. The van der Waals surface area contributed by atoms with E-state index < -0.39 is 0 Å². The molecular weight excluding hydrogens is 316 g/mol. The van der Waals surface area contributed by atoms with Gasteiger partial charge in [0.1, 0.15) is 0 Å². The van der Waals surface area contributed by atoms with Crippen molar-refractivity contribution in [3.8, 4) is 0 Å². The fraction of sp³-hybridized carbons (Fsp3) is 0.667. The molecule has 2 atom stereocenters. The van der Waals surface area contributed by atoms with Crippen molar-refractivity contribution in [2.24, 2.45) is 5.73 Å². The zero-order chi connectivity index (χ0) is 13.5. The number of aliphatic hydroxyl groups is 1. The van der Waals surface area contributed by atoms with Crippen molar-refractivity contribution in [1.29, 1.82) is 0 Å². The lowest BCUT2D eigenvalue weighted by atomic mass is 10.1. The molecule has 0 saturated carbocycles. The first-order valence-corrected chi connectivity index (χ1v) is 7.55. The fourth-order valence-electron chi connectivity index (χ4n) is 1.99. The lowest BCUT2D eigenvalue weighted by Gasteiger charge is -2.33. The molecule has 0 fully saturated rings. The topological polar surface area (TPSA) is 58.7 Å². The highest BCUT2D eigenvalue weighted by Gasteiger charge is 2.24. The van der Waals surface area contributed by atoms with E-state index in [4.69, 9.17) is 10.5 Å². The van der Waals surface area contributed by atoms with E-state index in [1.165, 1.54) is 4.88 Å². The highest BCUT2D eigenvalue weighted by Crippen LogP contribution is 2.32. The van der Waals surface area contributed by atoms with Gasteiger partial charge in [-0.1, -0.05) is 0 Å². The first-order valence-electron chi connectivity index (χ1n) is 5.94. The molecule has 0 aliphatic rings. The van der Waals surface area contributed by atoms with E-state index in [9.17, 15) is 5.11 Å². The Morgan fingerprint density at radius 2 is 2.22 bits per heavy atom. The van der Waals surface area contributed by atoms with Crippen LogP contribution in [0.5, 0.6) is 0 Å². The van der Waals surface area contributed by atoms with Crippen LogP contribution in [-0.2, 0) is 4.74 Å². The third-order valence-corrected chi connectivity index (χ3v) is 4.44. The number of hydrogen-bond donors (Lipinski definition) is 2. The van der Waals surface area contributed by atoms with Crippen molar-refractivity contribution < 1.29 is 9.84 Å². The zero-order valence-electron chi connectivity index (χ0n) is 10.8. The Kier molecular flexibility index (Phi) is 7.36. The summed E-state index contributed by atoms with van der Waals surface area (Å²) in [6.07, 6.45) is 0. The fourth-order valence-corrected chi connectivity index (χ4v) is 3.66. The first-order chi connectivity index (χ1) is 8.60. The summed E-state index contributed by atoms with van der Waals surface area (Å²) >= 11 is 5.16. The maximum Gasteiger partial charge on any atom is 0.0702 e. The van der Waals surface area contributed by atoms with Gasteiger partial charge in [-0.25, -0.2) is 0 Å². The predicted molar refractivity (Wildman–Crippen MR) is 78.9 cm³/mol. The molecule has 3 N–H and O–H groups in total. The number of halogens is 1. The number of rotatable bonds is 8. The van der Waals surface area contributed by atoms with Crippen molar-refractivity contribution in [3.05, 3.63) is 20.8 Å². The van der Waals surface area contributed by atoms with Crippen molar-refractivity contribution in [2.75, 3.05) is 33.4 Å². The van der Waals surface area contributed by atoms with Gasteiger partial charge in [0, 0.05) is 31.1 Å². The van der Waals surface area contributed by atoms with Crippen LogP contribution in [0.25, 0.3) is 0 Å². The number of thiophene rings is 1. The number of methoxy groups -OCH3 is 1. The highest BCUT2D eigenvalue weighted by atomic mass is 79.9. The minimum atomic E-state index is -0.000967. The monoisotopic (exact) mass is 336 g/mol. The van der Waals surface area contributed by atoms with Crippen LogP contribution in [0, 0.1) is 0 Å². The van der Waals surface area contributed by atoms with E-state index in [2.05, 4.69) is 26.9 Å². The van der Waals surface area contributed by atoms with Gasteiger partial charge in [0.25, 0.3) is 0 Å². The van der Waals surface area contributed by atoms with Gasteiger partial charge in [-0.2, -0.15) is 0 Å². The minimum absolute atomic E-state index is 0.000967. The van der Waals surface area contributed by atoms with Crippen LogP contribution in [0.2, 0.25) is 0 Å². The smallest absolute Gasteiger partial charge is 0.0702 e. The summed E-state index contributed by atoms with van der Waals surface area (Å²) in [6.45, 7) is 4.12. The third kappa shape index (κ3) is 4.60. The van der Waals surface area contributed by atoms with E-state index in [1.54, 1.807) is 18.4 Å². The molecule has 1 heterocycles. The van der Waals surface area contributed by atoms with E-state index in [-0.39, 0.29) is 18.7 Å². The summed E-state index contributed by atoms with van der Waals surface area (Å²) in [5.41, 5.74) is 6.11. The summed E-state index contributed by atoms with van der Waals surface area (Å²) in [5, 5.41) is 9.19. The Balaban J connectivity index is 2.85. The Bertz CT molecular complexity index is 347. The van der Waals surface area contributed by atoms with Gasteiger partial charge in [-0.05, 0) is 35.0 Å². The number of hydrogen-bond acceptors (Lipinski definition) is 5. The molecular formula is C12H21BrN2O2S. The van der Waals surface area contributed by atoms with Gasteiger partial charge in [0.2, 0.25) is 0 Å². The lowest BCUT2D eigenvalue weighted by Crippen LogP contribution is -2.42. The zero-order valence-corrected chi connectivity index (χ0v) is 13.2.